The van der Waals surface area contributed by atoms with E-state index in [-0.39, 0.29) is 5.56 Å². The van der Waals surface area contributed by atoms with Gasteiger partial charge in [0.25, 0.3) is 0 Å². The minimum atomic E-state index is -0.931. The van der Waals surface area contributed by atoms with Crippen molar-refractivity contribution < 1.29 is 14.6 Å². The number of aromatic nitrogens is 1. The summed E-state index contributed by atoms with van der Waals surface area (Å²) < 4.78 is 4.99. The number of rotatable bonds is 4. The Kier molecular flexibility index (Phi) is 3.51. The molecule has 88 valence electrons. The van der Waals surface area contributed by atoms with Crippen LogP contribution < -0.4 is 0 Å². The molecule has 0 bridgehead atoms. The number of carboxylic acid groups (broad SMARTS) is 1. The molecule has 17 heavy (non-hydrogen) atoms. The van der Waals surface area contributed by atoms with Crippen LogP contribution in [0.2, 0.25) is 0 Å². The van der Waals surface area contributed by atoms with Crippen molar-refractivity contribution in [2.24, 2.45) is 0 Å². The summed E-state index contributed by atoms with van der Waals surface area (Å²) >= 11 is 1.50. The lowest BCUT2D eigenvalue weighted by atomic mass is 10.1. The van der Waals surface area contributed by atoms with Crippen LogP contribution in [0.4, 0.5) is 0 Å². The van der Waals surface area contributed by atoms with Crippen LogP contribution in [0, 0.1) is 0 Å². The van der Waals surface area contributed by atoms with E-state index in [2.05, 4.69) is 4.98 Å². The molecule has 0 saturated carbocycles. The minimum absolute atomic E-state index is 0.267. The number of thiazole rings is 1. The molecule has 0 spiro atoms. The van der Waals surface area contributed by atoms with Crippen LogP contribution in [0.1, 0.15) is 15.4 Å². The number of carboxylic acids is 1. The molecule has 5 heteroatoms. The third-order valence-electron chi connectivity index (χ3n) is 2.22. The number of ether oxygens (including phenoxy) is 1. The van der Waals surface area contributed by atoms with E-state index in [1.807, 2.05) is 11.4 Å². The maximum atomic E-state index is 10.9. The lowest BCUT2D eigenvalue weighted by Crippen LogP contribution is -1.95. The third-order valence-corrected chi connectivity index (χ3v) is 3.05. The molecule has 0 aliphatic carbocycles. The van der Waals surface area contributed by atoms with Gasteiger partial charge in [-0.15, -0.1) is 11.3 Å². The Bertz CT molecular complexity index is 536. The van der Waals surface area contributed by atoms with Gasteiger partial charge in [0, 0.05) is 18.1 Å². The summed E-state index contributed by atoms with van der Waals surface area (Å²) in [6.07, 6.45) is 0. The molecule has 1 N–H and O–H groups in total. The lowest BCUT2D eigenvalue weighted by Gasteiger charge is -1.98. The molecule has 0 unspecified atom stereocenters. The molecule has 0 saturated heterocycles. The van der Waals surface area contributed by atoms with Gasteiger partial charge in [0.05, 0.1) is 17.9 Å². The Hall–Kier alpha value is -1.72. The molecule has 1 aromatic heterocycles. The Labute approximate surface area is 103 Å². The second-order valence-corrected chi connectivity index (χ2v) is 4.39. The first-order valence-corrected chi connectivity index (χ1v) is 5.85. The Morgan fingerprint density at radius 3 is 3.06 bits per heavy atom. The predicted octanol–water partition coefficient (Wildman–Crippen LogP) is 2.65. The molecule has 0 fully saturated rings. The van der Waals surface area contributed by atoms with Crippen LogP contribution in [-0.4, -0.2) is 23.2 Å². The number of methoxy groups -OCH3 is 1. The molecule has 2 rings (SSSR count). The zero-order chi connectivity index (χ0) is 12.3. The maximum Gasteiger partial charge on any atom is 0.335 e. The number of carbonyl (C=O) groups is 1. The van der Waals surface area contributed by atoms with Gasteiger partial charge in [0.1, 0.15) is 5.01 Å². The fraction of sp³-hybridized carbons (Fsp3) is 0.167. The summed E-state index contributed by atoms with van der Waals surface area (Å²) in [5.41, 5.74) is 1.86. The predicted molar refractivity (Wildman–Crippen MR) is 65.2 cm³/mol. The van der Waals surface area contributed by atoms with Crippen LogP contribution in [-0.2, 0) is 11.3 Å². The Morgan fingerprint density at radius 2 is 2.35 bits per heavy atom. The summed E-state index contributed by atoms with van der Waals surface area (Å²) in [7, 11) is 1.62. The van der Waals surface area contributed by atoms with E-state index < -0.39 is 5.97 Å². The third kappa shape index (κ3) is 2.69. The van der Waals surface area contributed by atoms with Crippen molar-refractivity contribution in [1.82, 2.24) is 4.98 Å². The highest BCUT2D eigenvalue weighted by molar-refractivity contribution is 7.09. The number of hydrogen-bond donors (Lipinski definition) is 1. The number of nitrogens with zero attached hydrogens (tertiary/aromatic N) is 1. The first-order valence-electron chi connectivity index (χ1n) is 4.98. The highest BCUT2D eigenvalue weighted by Gasteiger charge is 2.07. The van der Waals surface area contributed by atoms with Gasteiger partial charge in [-0.25, -0.2) is 9.78 Å². The van der Waals surface area contributed by atoms with Gasteiger partial charge in [-0.2, -0.15) is 0 Å². The van der Waals surface area contributed by atoms with Crippen LogP contribution in [0.3, 0.4) is 0 Å². The standard InChI is InChI=1S/C12H11NO3S/c1-16-6-11-13-10(7-17-11)8-3-2-4-9(5-8)12(14)15/h2-5,7H,6H2,1H3,(H,14,15). The van der Waals surface area contributed by atoms with E-state index in [1.54, 1.807) is 25.3 Å². The summed E-state index contributed by atoms with van der Waals surface area (Å²) in [5, 5.41) is 11.7. The zero-order valence-corrected chi connectivity index (χ0v) is 10.0. The van der Waals surface area contributed by atoms with Gasteiger partial charge >= 0.3 is 5.97 Å². The van der Waals surface area contributed by atoms with Crippen molar-refractivity contribution in [3.63, 3.8) is 0 Å². The second-order valence-electron chi connectivity index (χ2n) is 3.45. The summed E-state index contributed by atoms with van der Waals surface area (Å²) in [6.45, 7) is 0.475. The summed E-state index contributed by atoms with van der Waals surface area (Å²) in [4.78, 5) is 15.2. The Balaban J connectivity index is 2.32. The van der Waals surface area contributed by atoms with E-state index in [1.165, 1.54) is 11.3 Å². The largest absolute Gasteiger partial charge is 0.478 e. The van der Waals surface area contributed by atoms with Gasteiger partial charge in [-0.1, -0.05) is 12.1 Å². The molecule has 0 amide bonds. The van der Waals surface area contributed by atoms with Crippen molar-refractivity contribution in [1.29, 1.82) is 0 Å². The molecular weight excluding hydrogens is 238 g/mol. The van der Waals surface area contributed by atoms with Gasteiger partial charge in [0.2, 0.25) is 0 Å². The van der Waals surface area contributed by atoms with Crippen LogP contribution in [0.25, 0.3) is 11.3 Å². The van der Waals surface area contributed by atoms with E-state index in [9.17, 15) is 4.79 Å². The molecule has 0 aliphatic rings. The minimum Gasteiger partial charge on any atom is -0.478 e. The topological polar surface area (TPSA) is 59.4 Å². The second kappa shape index (κ2) is 5.07. The number of benzene rings is 1. The zero-order valence-electron chi connectivity index (χ0n) is 9.21. The number of hydrogen-bond acceptors (Lipinski definition) is 4. The van der Waals surface area contributed by atoms with Crippen LogP contribution in [0.15, 0.2) is 29.6 Å². The van der Waals surface area contributed by atoms with Gasteiger partial charge < -0.3 is 9.84 Å². The normalized spacial score (nSPS) is 10.4. The molecule has 2 aromatic rings. The van der Waals surface area contributed by atoms with Gasteiger partial charge in [-0.3, -0.25) is 0 Å². The SMILES string of the molecule is COCc1nc(-c2cccc(C(=O)O)c2)cs1. The molecule has 0 radical (unpaired) electrons. The van der Waals surface area contributed by atoms with Crippen LogP contribution in [0.5, 0.6) is 0 Å². The van der Waals surface area contributed by atoms with E-state index in [0.717, 1.165) is 16.3 Å². The monoisotopic (exact) mass is 249 g/mol. The van der Waals surface area contributed by atoms with Gasteiger partial charge in [-0.05, 0) is 12.1 Å². The van der Waals surface area contributed by atoms with E-state index >= 15 is 0 Å². The highest BCUT2D eigenvalue weighted by atomic mass is 32.1. The first kappa shape index (κ1) is 11.8. The average molecular weight is 249 g/mol. The fourth-order valence-corrected chi connectivity index (χ4v) is 2.22. The quantitative estimate of drug-likeness (QED) is 0.905. The maximum absolute atomic E-state index is 10.9. The van der Waals surface area contributed by atoms with Gasteiger partial charge in [0.15, 0.2) is 0 Å². The fourth-order valence-electron chi connectivity index (χ4n) is 1.44. The number of aromatic carboxylic acids is 1. The smallest absolute Gasteiger partial charge is 0.335 e. The van der Waals surface area contributed by atoms with Crippen LogP contribution >= 0.6 is 11.3 Å². The molecule has 4 nitrogen and oxygen atoms in total. The van der Waals surface area contributed by atoms with E-state index in [4.69, 9.17) is 9.84 Å². The molecular formula is C12H11NO3S. The highest BCUT2D eigenvalue weighted by Crippen LogP contribution is 2.23. The Morgan fingerprint density at radius 1 is 1.53 bits per heavy atom. The van der Waals surface area contributed by atoms with Crippen molar-refractivity contribution in [3.05, 3.63) is 40.2 Å². The summed E-state index contributed by atoms with van der Waals surface area (Å²) in [5.74, 6) is -0.931. The molecule has 1 aromatic carbocycles. The van der Waals surface area contributed by atoms with Crippen molar-refractivity contribution >= 4 is 17.3 Å². The molecule has 0 atom stereocenters. The van der Waals surface area contributed by atoms with Crippen molar-refractivity contribution in [2.75, 3.05) is 7.11 Å². The molecule has 0 aliphatic heterocycles. The van der Waals surface area contributed by atoms with E-state index in [0.29, 0.717) is 6.61 Å². The van der Waals surface area contributed by atoms with Crippen molar-refractivity contribution in [3.8, 4) is 11.3 Å². The molecule has 1 heterocycles. The van der Waals surface area contributed by atoms with Crippen molar-refractivity contribution in [2.45, 2.75) is 6.61 Å². The summed E-state index contributed by atoms with van der Waals surface area (Å²) in [6, 6.07) is 6.74. The average Bonchev–Trinajstić information content (AvgIpc) is 2.78. The lowest BCUT2D eigenvalue weighted by molar-refractivity contribution is 0.0697. The first-order chi connectivity index (χ1) is 8.20.